The van der Waals surface area contributed by atoms with Crippen molar-refractivity contribution in [3.63, 3.8) is 0 Å². The summed E-state index contributed by atoms with van der Waals surface area (Å²) in [5, 5.41) is 7.11. The molecule has 1 fully saturated rings. The lowest BCUT2D eigenvalue weighted by molar-refractivity contribution is -0.131. The van der Waals surface area contributed by atoms with Crippen LogP contribution in [0.25, 0.3) is 11.5 Å². The van der Waals surface area contributed by atoms with E-state index in [1.165, 1.54) is 0 Å². The van der Waals surface area contributed by atoms with Gasteiger partial charge in [-0.05, 0) is 25.0 Å². The summed E-state index contributed by atoms with van der Waals surface area (Å²) in [6, 6.07) is 5.59. The van der Waals surface area contributed by atoms with E-state index in [1.807, 2.05) is 23.1 Å². The summed E-state index contributed by atoms with van der Waals surface area (Å²) in [5.74, 6) is 1.45. The Morgan fingerprint density at radius 3 is 2.96 bits per heavy atom. The van der Waals surface area contributed by atoms with Crippen LogP contribution in [0.2, 0.25) is 0 Å². The summed E-state index contributed by atoms with van der Waals surface area (Å²) >= 11 is 0. The van der Waals surface area contributed by atoms with Gasteiger partial charge in [-0.15, -0.1) is 0 Å². The number of rotatable bonds is 7. The van der Waals surface area contributed by atoms with Crippen molar-refractivity contribution in [2.75, 3.05) is 39.9 Å². The van der Waals surface area contributed by atoms with Gasteiger partial charge in [0.15, 0.2) is 0 Å². The van der Waals surface area contributed by atoms with Crippen molar-refractivity contribution in [1.82, 2.24) is 25.3 Å². The first kappa shape index (κ1) is 17.5. The second-order valence-corrected chi connectivity index (χ2v) is 6.00. The van der Waals surface area contributed by atoms with Gasteiger partial charge in [-0.25, -0.2) is 0 Å². The predicted molar refractivity (Wildman–Crippen MR) is 90.8 cm³/mol. The molecule has 1 aliphatic heterocycles. The first-order valence-electron chi connectivity index (χ1n) is 8.50. The average Bonchev–Trinajstić information content (AvgIpc) is 3.16. The Morgan fingerprint density at radius 2 is 2.24 bits per heavy atom. The fraction of sp³-hybridized carbons (Fsp3) is 0.529. The Morgan fingerprint density at radius 1 is 1.40 bits per heavy atom. The normalized spacial score (nSPS) is 15.5. The maximum Gasteiger partial charge on any atom is 0.236 e. The molecule has 2 aromatic rings. The van der Waals surface area contributed by atoms with E-state index >= 15 is 0 Å². The van der Waals surface area contributed by atoms with Crippen LogP contribution in [0.15, 0.2) is 28.9 Å². The van der Waals surface area contributed by atoms with Gasteiger partial charge in [0.1, 0.15) is 5.69 Å². The van der Waals surface area contributed by atoms with Gasteiger partial charge < -0.3 is 19.5 Å². The number of carbonyl (C=O) groups is 1. The minimum absolute atomic E-state index is 0.120. The number of amides is 1. The number of nitrogens with zero attached hydrogens (tertiary/aromatic N) is 4. The zero-order valence-electron chi connectivity index (χ0n) is 14.4. The molecular weight excluding hydrogens is 322 g/mol. The molecule has 3 heterocycles. The molecule has 8 nitrogen and oxygen atoms in total. The van der Waals surface area contributed by atoms with Crippen LogP contribution < -0.4 is 5.32 Å². The molecule has 0 atom stereocenters. The molecule has 3 rings (SSSR count). The van der Waals surface area contributed by atoms with Crippen molar-refractivity contribution in [3.8, 4) is 11.5 Å². The minimum Gasteiger partial charge on any atom is -0.383 e. The van der Waals surface area contributed by atoms with Crippen LogP contribution in [0.3, 0.4) is 0 Å². The standard InChI is InChI=1S/C17H23N5O3/c1-24-11-8-18-12-15(23)22-9-5-13(6-10-22)17-20-16(21-25-17)14-4-2-3-7-19-14/h2-4,7,13,18H,5-6,8-12H2,1H3. The molecule has 0 unspecified atom stereocenters. The molecule has 0 radical (unpaired) electrons. The second-order valence-electron chi connectivity index (χ2n) is 6.00. The number of hydrogen-bond acceptors (Lipinski definition) is 7. The zero-order valence-corrected chi connectivity index (χ0v) is 14.4. The van der Waals surface area contributed by atoms with Crippen LogP contribution in [0.5, 0.6) is 0 Å². The maximum absolute atomic E-state index is 12.2. The molecule has 1 saturated heterocycles. The summed E-state index contributed by atoms with van der Waals surface area (Å²) in [6.45, 7) is 3.04. The van der Waals surface area contributed by atoms with Crippen molar-refractivity contribution in [1.29, 1.82) is 0 Å². The van der Waals surface area contributed by atoms with Gasteiger partial charge in [-0.1, -0.05) is 11.2 Å². The number of piperidine rings is 1. The van der Waals surface area contributed by atoms with Gasteiger partial charge >= 0.3 is 0 Å². The van der Waals surface area contributed by atoms with Crippen LogP contribution in [0, 0.1) is 0 Å². The van der Waals surface area contributed by atoms with Gasteiger partial charge in [0.2, 0.25) is 17.6 Å². The SMILES string of the molecule is COCCNCC(=O)N1CCC(c2nc(-c3ccccn3)no2)CC1. The van der Waals surface area contributed by atoms with Crippen LogP contribution in [0.1, 0.15) is 24.7 Å². The van der Waals surface area contributed by atoms with Gasteiger partial charge in [0, 0.05) is 38.9 Å². The predicted octanol–water partition coefficient (Wildman–Crippen LogP) is 1.07. The third kappa shape index (κ3) is 4.61. The number of pyridine rings is 1. The van der Waals surface area contributed by atoms with E-state index in [4.69, 9.17) is 9.26 Å². The molecule has 1 amide bonds. The second kappa shape index (κ2) is 8.68. The minimum atomic E-state index is 0.120. The topological polar surface area (TPSA) is 93.4 Å². The molecular formula is C17H23N5O3. The third-order valence-corrected chi connectivity index (χ3v) is 4.29. The number of hydrogen-bond donors (Lipinski definition) is 1. The Hall–Kier alpha value is -2.32. The summed E-state index contributed by atoms with van der Waals surface area (Å²) in [6.07, 6.45) is 3.36. The van der Waals surface area contributed by atoms with E-state index in [9.17, 15) is 4.79 Å². The Bertz CT molecular complexity index is 668. The van der Waals surface area contributed by atoms with Gasteiger partial charge in [0.25, 0.3) is 0 Å². The average molecular weight is 345 g/mol. The first-order chi connectivity index (χ1) is 12.3. The Labute approximate surface area is 146 Å². The van der Waals surface area contributed by atoms with Crippen LogP contribution >= 0.6 is 0 Å². The Kier molecular flexibility index (Phi) is 6.08. The van der Waals surface area contributed by atoms with Crippen LogP contribution in [-0.2, 0) is 9.53 Å². The van der Waals surface area contributed by atoms with E-state index in [0.717, 1.165) is 12.8 Å². The molecule has 2 aromatic heterocycles. The molecule has 0 aliphatic carbocycles. The van der Waals surface area contributed by atoms with E-state index in [0.29, 0.717) is 50.2 Å². The number of likely N-dealkylation sites (tertiary alicyclic amines) is 1. The lowest BCUT2D eigenvalue weighted by atomic mass is 9.96. The van der Waals surface area contributed by atoms with Gasteiger partial charge in [-0.3, -0.25) is 9.78 Å². The highest BCUT2D eigenvalue weighted by molar-refractivity contribution is 5.78. The van der Waals surface area contributed by atoms with E-state index < -0.39 is 0 Å². The monoisotopic (exact) mass is 345 g/mol. The molecule has 1 aliphatic rings. The van der Waals surface area contributed by atoms with E-state index in [1.54, 1.807) is 13.3 Å². The third-order valence-electron chi connectivity index (χ3n) is 4.29. The highest BCUT2D eigenvalue weighted by Crippen LogP contribution is 2.28. The van der Waals surface area contributed by atoms with Crippen molar-refractivity contribution in [2.24, 2.45) is 0 Å². The summed E-state index contributed by atoms with van der Waals surface area (Å²) < 4.78 is 10.4. The molecule has 0 saturated carbocycles. The molecule has 0 bridgehead atoms. The number of nitrogens with one attached hydrogen (secondary N) is 1. The van der Waals surface area contributed by atoms with Crippen molar-refractivity contribution in [3.05, 3.63) is 30.3 Å². The van der Waals surface area contributed by atoms with Crippen molar-refractivity contribution >= 4 is 5.91 Å². The van der Waals surface area contributed by atoms with E-state index in [-0.39, 0.29) is 11.8 Å². The molecule has 25 heavy (non-hydrogen) atoms. The van der Waals surface area contributed by atoms with Crippen LogP contribution in [-0.4, -0.2) is 65.8 Å². The number of ether oxygens (including phenoxy) is 1. The van der Waals surface area contributed by atoms with Crippen molar-refractivity contribution < 1.29 is 14.1 Å². The molecule has 1 N–H and O–H groups in total. The maximum atomic E-state index is 12.2. The summed E-state index contributed by atoms with van der Waals surface area (Å²) in [5.41, 5.74) is 0.701. The number of aromatic nitrogens is 3. The number of carbonyl (C=O) groups excluding carboxylic acids is 1. The fourth-order valence-electron chi connectivity index (χ4n) is 2.86. The summed E-state index contributed by atoms with van der Waals surface area (Å²) in [4.78, 5) is 22.7. The quantitative estimate of drug-likeness (QED) is 0.750. The molecule has 134 valence electrons. The largest absolute Gasteiger partial charge is 0.383 e. The fourth-order valence-corrected chi connectivity index (χ4v) is 2.86. The number of methoxy groups -OCH3 is 1. The van der Waals surface area contributed by atoms with Gasteiger partial charge in [-0.2, -0.15) is 4.98 Å². The highest BCUT2D eigenvalue weighted by Gasteiger charge is 2.27. The summed E-state index contributed by atoms with van der Waals surface area (Å²) in [7, 11) is 1.64. The lowest BCUT2D eigenvalue weighted by Gasteiger charge is -2.30. The molecule has 8 heteroatoms. The lowest BCUT2D eigenvalue weighted by Crippen LogP contribution is -2.43. The first-order valence-corrected chi connectivity index (χ1v) is 8.50. The van der Waals surface area contributed by atoms with Gasteiger partial charge in [0.05, 0.1) is 13.2 Å². The van der Waals surface area contributed by atoms with E-state index in [2.05, 4.69) is 20.4 Å². The highest BCUT2D eigenvalue weighted by atomic mass is 16.5. The smallest absolute Gasteiger partial charge is 0.236 e. The molecule has 0 aromatic carbocycles. The zero-order chi connectivity index (χ0) is 17.5. The van der Waals surface area contributed by atoms with Crippen LogP contribution in [0.4, 0.5) is 0 Å². The Balaban J connectivity index is 1.49. The molecule has 0 spiro atoms. The van der Waals surface area contributed by atoms with Crippen molar-refractivity contribution in [2.45, 2.75) is 18.8 Å².